The zero-order valence-electron chi connectivity index (χ0n) is 45.0. The molecule has 0 bridgehead atoms. The first-order valence-corrected chi connectivity index (χ1v) is 25.6. The number of fused-ring (bicyclic) bond motifs is 1. The van der Waals surface area contributed by atoms with Crippen molar-refractivity contribution in [3.05, 3.63) is 48.0 Å². The lowest BCUT2D eigenvalue weighted by molar-refractivity contribution is -0.144. The second kappa shape index (κ2) is 31.9. The summed E-state index contributed by atoms with van der Waals surface area (Å²) in [6, 6.07) is 4.87. The number of hydrogen-bond acceptors (Lipinski definition) is 13. The van der Waals surface area contributed by atoms with Crippen LogP contribution in [0.2, 0.25) is 0 Å². The molecule has 0 saturated heterocycles. The maximum absolute atomic E-state index is 13.9. The van der Waals surface area contributed by atoms with Gasteiger partial charge < -0.3 is 63.6 Å². The molecule has 23 nitrogen and oxygen atoms in total. The zero-order valence-corrected chi connectivity index (χ0v) is 45.0. The van der Waals surface area contributed by atoms with Gasteiger partial charge in [-0.05, 0) is 73.1 Å². The van der Waals surface area contributed by atoms with Gasteiger partial charge in [0.1, 0.15) is 36.3 Å². The number of aliphatic hydroxyl groups excluding tert-OH is 1. The smallest absolute Gasteiger partial charge is 0.326 e. The Morgan fingerprint density at radius 1 is 0.613 bits per heavy atom. The lowest BCUT2D eigenvalue weighted by Gasteiger charge is -2.29. The molecule has 0 aliphatic carbocycles. The van der Waals surface area contributed by atoms with Crippen LogP contribution in [0.5, 0.6) is 0 Å². The Kier molecular flexibility index (Phi) is 27.4. The van der Waals surface area contributed by atoms with E-state index in [0.29, 0.717) is 6.42 Å². The van der Waals surface area contributed by atoms with Gasteiger partial charge in [-0.25, -0.2) is 4.79 Å². The molecule has 23 heteroatoms. The molecule has 418 valence electrons. The quantitative estimate of drug-likeness (QED) is 0.0456. The van der Waals surface area contributed by atoms with E-state index in [4.69, 9.17) is 10.8 Å². The SMILES string of the molecule is CC[C@H](C)[C@H](NC(=O)CNC(=O)CN(CCNC(=O)[C@H](C)NC(=O)[C@H](CC(C)C)NC(=O)[C@@H](N)CCC(=O)O)Cc1cccc2ccccc12)C(=O)N[C@@H](CC(C)C)C(=O)N[C@H](C(=O)N[C@H](C(=O)O)C(C)C)[C@@H](C)O. The van der Waals surface area contributed by atoms with Crippen molar-refractivity contribution < 1.29 is 63.3 Å². The second-order valence-electron chi connectivity index (χ2n) is 20.3. The average molecular weight is 1060 g/mol. The molecule has 0 aliphatic heterocycles. The number of benzene rings is 2. The van der Waals surface area contributed by atoms with Crippen LogP contribution in [-0.4, -0.2) is 154 Å². The molecule has 0 heterocycles. The summed E-state index contributed by atoms with van der Waals surface area (Å²) in [5.41, 5.74) is 6.73. The minimum atomic E-state index is -1.56. The summed E-state index contributed by atoms with van der Waals surface area (Å²) in [6.45, 7) is 16.3. The Bertz CT molecular complexity index is 2270. The topological polar surface area (TPSA) is 357 Å². The molecule has 0 aromatic heterocycles. The van der Waals surface area contributed by atoms with Crippen LogP contribution in [0.15, 0.2) is 42.5 Å². The number of aliphatic carboxylic acids is 2. The van der Waals surface area contributed by atoms with Crippen LogP contribution in [0, 0.1) is 23.7 Å². The van der Waals surface area contributed by atoms with Gasteiger partial charge in [-0.15, -0.1) is 0 Å². The number of nitrogens with zero attached hydrogens (tertiary/aromatic N) is 1. The van der Waals surface area contributed by atoms with Crippen molar-refractivity contribution in [2.45, 2.75) is 156 Å². The maximum Gasteiger partial charge on any atom is 0.326 e. The highest BCUT2D eigenvalue weighted by molar-refractivity contribution is 5.96. The van der Waals surface area contributed by atoms with E-state index in [-0.39, 0.29) is 63.7 Å². The van der Waals surface area contributed by atoms with Gasteiger partial charge in [-0.3, -0.25) is 48.1 Å². The Balaban J connectivity index is 2.19. The molecule has 2 aromatic rings. The summed E-state index contributed by atoms with van der Waals surface area (Å²) in [5.74, 6) is -9.23. The number of aliphatic hydroxyl groups is 1. The Morgan fingerprint density at radius 3 is 1.73 bits per heavy atom. The highest BCUT2D eigenvalue weighted by atomic mass is 16.4. The van der Waals surface area contributed by atoms with E-state index in [1.54, 1.807) is 46.4 Å². The number of nitrogens with one attached hydrogen (secondary N) is 8. The van der Waals surface area contributed by atoms with Crippen molar-refractivity contribution >= 4 is 70.0 Å². The van der Waals surface area contributed by atoms with Crippen molar-refractivity contribution in [3.63, 3.8) is 0 Å². The molecular formula is C52H82N10O13. The largest absolute Gasteiger partial charge is 0.481 e. The monoisotopic (exact) mass is 1050 g/mol. The molecule has 0 fully saturated rings. The first kappa shape index (κ1) is 64.4. The molecule has 0 aliphatic rings. The zero-order chi connectivity index (χ0) is 56.7. The van der Waals surface area contributed by atoms with Crippen LogP contribution in [0.25, 0.3) is 10.8 Å². The minimum Gasteiger partial charge on any atom is -0.481 e. The molecule has 0 saturated carbocycles. The number of nitrogens with two attached hydrogens (primary N) is 1. The number of amides is 8. The van der Waals surface area contributed by atoms with Crippen LogP contribution in [-0.2, 0) is 54.5 Å². The van der Waals surface area contributed by atoms with Crippen molar-refractivity contribution in [1.29, 1.82) is 0 Å². The van der Waals surface area contributed by atoms with Gasteiger partial charge in [0.05, 0.1) is 25.2 Å². The first-order chi connectivity index (χ1) is 35.1. The number of carboxylic acids is 2. The summed E-state index contributed by atoms with van der Waals surface area (Å²) in [5, 5.41) is 51.6. The van der Waals surface area contributed by atoms with E-state index in [0.717, 1.165) is 16.3 Å². The molecule has 0 spiro atoms. The van der Waals surface area contributed by atoms with Crippen LogP contribution in [0.1, 0.15) is 107 Å². The highest BCUT2D eigenvalue weighted by Crippen LogP contribution is 2.20. The third-order valence-corrected chi connectivity index (χ3v) is 12.4. The second-order valence-corrected chi connectivity index (χ2v) is 20.3. The third kappa shape index (κ3) is 22.7. The summed E-state index contributed by atoms with van der Waals surface area (Å²) in [6.07, 6.45) is -1.18. The molecule has 2 rings (SSSR count). The van der Waals surface area contributed by atoms with Crippen LogP contribution in [0.4, 0.5) is 0 Å². The molecular weight excluding hydrogens is 973 g/mol. The fraction of sp³-hybridized carbons (Fsp3) is 0.615. The van der Waals surface area contributed by atoms with Gasteiger partial charge in [0.2, 0.25) is 47.3 Å². The van der Waals surface area contributed by atoms with E-state index in [1.165, 1.54) is 13.8 Å². The number of rotatable bonds is 33. The molecule has 8 amide bonds. The number of carbonyl (C=O) groups excluding carboxylic acids is 8. The molecule has 2 aromatic carbocycles. The number of hydrogen-bond donors (Lipinski definition) is 12. The predicted molar refractivity (Wildman–Crippen MR) is 280 cm³/mol. The molecule has 0 radical (unpaired) electrons. The fourth-order valence-corrected chi connectivity index (χ4v) is 7.89. The van der Waals surface area contributed by atoms with Crippen LogP contribution >= 0.6 is 0 Å². The summed E-state index contributed by atoms with van der Waals surface area (Å²) in [4.78, 5) is 132. The Labute approximate surface area is 439 Å². The molecule has 75 heavy (non-hydrogen) atoms. The predicted octanol–water partition coefficient (Wildman–Crippen LogP) is 0.255. The molecule has 0 unspecified atom stereocenters. The lowest BCUT2D eigenvalue weighted by atomic mass is 9.96. The first-order valence-electron chi connectivity index (χ1n) is 25.6. The van der Waals surface area contributed by atoms with Gasteiger partial charge in [0.25, 0.3) is 0 Å². The van der Waals surface area contributed by atoms with E-state index in [2.05, 4.69) is 42.5 Å². The van der Waals surface area contributed by atoms with Crippen molar-refractivity contribution in [3.8, 4) is 0 Å². The van der Waals surface area contributed by atoms with Gasteiger partial charge in [-0.1, -0.05) is 104 Å². The maximum atomic E-state index is 13.9. The minimum absolute atomic E-state index is 0.0277. The van der Waals surface area contributed by atoms with Gasteiger partial charge in [-0.2, -0.15) is 0 Å². The summed E-state index contributed by atoms with van der Waals surface area (Å²) < 4.78 is 0. The van der Waals surface area contributed by atoms with Gasteiger partial charge in [0, 0.05) is 26.1 Å². The Hall–Kier alpha value is -6.72. The van der Waals surface area contributed by atoms with Crippen LogP contribution < -0.4 is 48.3 Å². The summed E-state index contributed by atoms with van der Waals surface area (Å²) in [7, 11) is 0. The van der Waals surface area contributed by atoms with Crippen molar-refractivity contribution in [1.82, 2.24) is 47.4 Å². The number of carbonyl (C=O) groups is 10. The Morgan fingerprint density at radius 2 is 1.17 bits per heavy atom. The fourth-order valence-electron chi connectivity index (χ4n) is 7.89. The summed E-state index contributed by atoms with van der Waals surface area (Å²) >= 11 is 0. The van der Waals surface area contributed by atoms with E-state index in [9.17, 15) is 58.2 Å². The third-order valence-electron chi connectivity index (χ3n) is 12.4. The molecule has 13 N–H and O–H groups in total. The van der Waals surface area contributed by atoms with E-state index >= 15 is 0 Å². The molecule has 9 atom stereocenters. The normalized spacial score (nSPS) is 15.0. The van der Waals surface area contributed by atoms with E-state index in [1.807, 2.05) is 56.3 Å². The van der Waals surface area contributed by atoms with Crippen molar-refractivity contribution in [2.24, 2.45) is 29.4 Å². The van der Waals surface area contributed by atoms with Gasteiger partial charge in [0.15, 0.2) is 0 Å². The standard InChI is InChI=1S/C52H82N10O13/c1-11-31(8)44(50(72)58-39(24-29(4)5)49(71)61-45(33(10)63)51(73)60-43(30(6)7)52(74)75)59-40(64)25-55-41(65)27-62(26-35-17-14-16-34-15-12-13-18-36(34)35)22-21-54-46(68)32(9)56-48(70)38(23-28(2)3)57-47(69)37(53)19-20-42(66)67/h12-18,28-33,37-39,43-45,63H,11,19-27,53H2,1-10H3,(H,54,68)(H,55,65)(H,56,70)(H,57,69)(H,58,72)(H,59,64)(H,60,73)(H,61,71)(H,66,67)(H,74,75)/t31-,32-,33+,37-,38-,39-,43-,44-,45-/m0/s1. The van der Waals surface area contributed by atoms with Gasteiger partial charge >= 0.3 is 11.9 Å². The van der Waals surface area contributed by atoms with E-state index < -0.39 is 126 Å². The van der Waals surface area contributed by atoms with Crippen molar-refractivity contribution in [2.75, 3.05) is 26.2 Å². The highest BCUT2D eigenvalue weighted by Gasteiger charge is 2.35. The lowest BCUT2D eigenvalue weighted by Crippen LogP contribution is -2.61. The average Bonchev–Trinajstić information content (AvgIpc) is 3.33. The number of carboxylic acid groups (broad SMARTS) is 2. The van der Waals surface area contributed by atoms with Crippen LogP contribution in [0.3, 0.4) is 0 Å².